The summed E-state index contributed by atoms with van der Waals surface area (Å²) < 4.78 is 6.97. The quantitative estimate of drug-likeness (QED) is 0.493. The molecule has 0 saturated heterocycles. The molecule has 1 amide bonds. The smallest absolute Gasteiger partial charge is 0.227 e. The summed E-state index contributed by atoms with van der Waals surface area (Å²) in [5, 5.41) is 14.9. The Labute approximate surface area is 165 Å². The zero-order chi connectivity index (χ0) is 19.2. The number of hydrogen-bond donors (Lipinski definition) is 1. The average molecular weight is 394 g/mol. The number of nitrogens with zero attached hydrogens (tertiary/aromatic N) is 5. The molecule has 1 N–H and O–H groups in total. The molecule has 0 atom stereocenters. The van der Waals surface area contributed by atoms with Gasteiger partial charge in [0.2, 0.25) is 17.6 Å². The molecule has 3 heterocycles. The highest BCUT2D eigenvalue weighted by Gasteiger charge is 2.11. The summed E-state index contributed by atoms with van der Waals surface area (Å²) in [6.45, 7) is 1.15. The van der Waals surface area contributed by atoms with Gasteiger partial charge in [0.1, 0.15) is 12.7 Å². The van der Waals surface area contributed by atoms with Crippen LogP contribution in [0.2, 0.25) is 0 Å². The van der Waals surface area contributed by atoms with Crippen molar-refractivity contribution in [2.24, 2.45) is 0 Å². The molecule has 142 valence electrons. The van der Waals surface area contributed by atoms with Gasteiger partial charge in [-0.05, 0) is 22.6 Å². The van der Waals surface area contributed by atoms with Crippen LogP contribution in [0.5, 0.6) is 0 Å². The molecular weight excluding hydrogens is 376 g/mol. The van der Waals surface area contributed by atoms with Gasteiger partial charge in [-0.3, -0.25) is 4.79 Å². The molecule has 0 spiro atoms. The third kappa shape index (κ3) is 4.68. The third-order valence-electron chi connectivity index (χ3n) is 4.14. The average Bonchev–Trinajstić information content (AvgIpc) is 3.48. The highest BCUT2D eigenvalue weighted by Crippen LogP contribution is 2.19. The van der Waals surface area contributed by atoms with Crippen LogP contribution >= 0.6 is 11.3 Å². The van der Waals surface area contributed by atoms with Crippen molar-refractivity contribution in [1.82, 2.24) is 30.2 Å². The Bertz CT molecular complexity index is 1010. The molecule has 0 aliphatic heterocycles. The fraction of sp³-hybridized carbons (Fsp3) is 0.211. The summed E-state index contributed by atoms with van der Waals surface area (Å²) in [4.78, 5) is 20.3. The zero-order valence-electron chi connectivity index (χ0n) is 15.0. The van der Waals surface area contributed by atoms with Crippen molar-refractivity contribution >= 4 is 17.2 Å². The minimum absolute atomic E-state index is 0.0537. The molecule has 9 heteroatoms. The number of aryl methyl sites for hydroxylation is 1. The SMILES string of the molecule is O=C(CCc1nc(-c2ccsc2)no1)NCc1ccc(Cn2cncn2)cc1. The number of thiophene rings is 1. The monoisotopic (exact) mass is 394 g/mol. The van der Waals surface area contributed by atoms with Crippen molar-refractivity contribution < 1.29 is 9.32 Å². The Morgan fingerprint density at radius 2 is 2.04 bits per heavy atom. The molecule has 28 heavy (non-hydrogen) atoms. The largest absolute Gasteiger partial charge is 0.352 e. The number of aromatic nitrogens is 5. The molecule has 4 aromatic rings. The maximum Gasteiger partial charge on any atom is 0.227 e. The number of benzene rings is 1. The predicted octanol–water partition coefficient (Wildman–Crippen LogP) is 2.69. The first-order valence-electron chi connectivity index (χ1n) is 8.78. The number of amides is 1. The molecule has 0 saturated carbocycles. The van der Waals surface area contributed by atoms with E-state index in [1.54, 1.807) is 22.3 Å². The van der Waals surface area contributed by atoms with Crippen molar-refractivity contribution in [3.05, 3.63) is 70.8 Å². The first kappa shape index (κ1) is 18.1. The van der Waals surface area contributed by atoms with Crippen molar-refractivity contribution in [3.63, 3.8) is 0 Å². The molecule has 4 rings (SSSR count). The summed E-state index contributed by atoms with van der Waals surface area (Å²) in [5.74, 6) is 0.971. The first-order valence-corrected chi connectivity index (χ1v) is 9.72. The summed E-state index contributed by atoms with van der Waals surface area (Å²) >= 11 is 1.58. The number of carbonyl (C=O) groups excluding carboxylic acids is 1. The van der Waals surface area contributed by atoms with Crippen LogP contribution in [0.1, 0.15) is 23.4 Å². The van der Waals surface area contributed by atoms with E-state index in [4.69, 9.17) is 4.52 Å². The van der Waals surface area contributed by atoms with Crippen molar-refractivity contribution in [3.8, 4) is 11.4 Å². The summed E-state index contributed by atoms with van der Waals surface area (Å²) in [5.41, 5.74) is 3.09. The van der Waals surface area contributed by atoms with E-state index in [2.05, 4.69) is 25.5 Å². The lowest BCUT2D eigenvalue weighted by Crippen LogP contribution is -2.23. The van der Waals surface area contributed by atoms with E-state index in [-0.39, 0.29) is 5.91 Å². The molecule has 0 unspecified atom stereocenters. The molecule has 0 aliphatic rings. The van der Waals surface area contributed by atoms with Gasteiger partial charge in [0, 0.05) is 30.3 Å². The zero-order valence-corrected chi connectivity index (χ0v) is 15.8. The predicted molar refractivity (Wildman–Crippen MR) is 103 cm³/mol. The van der Waals surface area contributed by atoms with Crippen LogP contribution in [-0.2, 0) is 24.3 Å². The Hall–Kier alpha value is -3.33. The summed E-state index contributed by atoms with van der Waals surface area (Å²) in [7, 11) is 0. The minimum Gasteiger partial charge on any atom is -0.352 e. The standard InChI is InChI=1S/C19H18N6O2S/c26-17(5-6-18-23-19(24-27-18)16-7-8-28-11-16)21-9-14-1-3-15(4-2-14)10-25-13-20-12-22-25/h1-4,7-8,11-13H,5-6,9-10H2,(H,21,26). The lowest BCUT2D eigenvalue weighted by molar-refractivity contribution is -0.121. The van der Waals surface area contributed by atoms with E-state index in [0.29, 0.717) is 37.6 Å². The first-order chi connectivity index (χ1) is 13.8. The highest BCUT2D eigenvalue weighted by molar-refractivity contribution is 7.08. The van der Waals surface area contributed by atoms with E-state index < -0.39 is 0 Å². The molecule has 0 bridgehead atoms. The second kappa shape index (κ2) is 8.57. The van der Waals surface area contributed by atoms with Gasteiger partial charge in [-0.2, -0.15) is 21.4 Å². The molecule has 0 radical (unpaired) electrons. The van der Waals surface area contributed by atoms with E-state index in [1.807, 2.05) is 41.1 Å². The molecule has 0 aliphatic carbocycles. The maximum atomic E-state index is 12.1. The van der Waals surface area contributed by atoms with Crippen LogP contribution in [0.3, 0.4) is 0 Å². The Morgan fingerprint density at radius 1 is 1.18 bits per heavy atom. The van der Waals surface area contributed by atoms with Crippen LogP contribution < -0.4 is 5.32 Å². The van der Waals surface area contributed by atoms with Crippen LogP contribution in [0.15, 0.2) is 58.3 Å². The van der Waals surface area contributed by atoms with Crippen LogP contribution in [-0.4, -0.2) is 30.8 Å². The minimum atomic E-state index is -0.0537. The van der Waals surface area contributed by atoms with Gasteiger partial charge in [-0.1, -0.05) is 29.4 Å². The fourth-order valence-electron chi connectivity index (χ4n) is 2.64. The van der Waals surface area contributed by atoms with Gasteiger partial charge in [0.25, 0.3) is 0 Å². The Kier molecular flexibility index (Phi) is 5.53. The van der Waals surface area contributed by atoms with Gasteiger partial charge in [-0.15, -0.1) is 0 Å². The third-order valence-corrected chi connectivity index (χ3v) is 4.82. The van der Waals surface area contributed by atoms with Crippen LogP contribution in [0, 0.1) is 0 Å². The van der Waals surface area contributed by atoms with E-state index in [1.165, 1.54) is 6.33 Å². The van der Waals surface area contributed by atoms with Crippen molar-refractivity contribution in [2.75, 3.05) is 0 Å². The van der Waals surface area contributed by atoms with E-state index >= 15 is 0 Å². The highest BCUT2D eigenvalue weighted by atomic mass is 32.1. The number of hydrogen-bond acceptors (Lipinski definition) is 7. The summed E-state index contributed by atoms with van der Waals surface area (Å²) in [6, 6.07) is 9.97. The van der Waals surface area contributed by atoms with Gasteiger partial charge in [0.05, 0.1) is 6.54 Å². The summed E-state index contributed by atoms with van der Waals surface area (Å²) in [6.07, 6.45) is 3.91. The van der Waals surface area contributed by atoms with Crippen molar-refractivity contribution in [2.45, 2.75) is 25.9 Å². The number of carbonyl (C=O) groups is 1. The number of nitrogens with one attached hydrogen (secondary N) is 1. The van der Waals surface area contributed by atoms with Crippen LogP contribution in [0.4, 0.5) is 0 Å². The second-order valence-electron chi connectivity index (χ2n) is 6.21. The lowest BCUT2D eigenvalue weighted by Gasteiger charge is -2.06. The molecule has 3 aromatic heterocycles. The van der Waals surface area contributed by atoms with Gasteiger partial charge < -0.3 is 9.84 Å². The van der Waals surface area contributed by atoms with Crippen molar-refractivity contribution in [1.29, 1.82) is 0 Å². The molecule has 1 aromatic carbocycles. The van der Waals surface area contributed by atoms with Gasteiger partial charge in [-0.25, -0.2) is 9.67 Å². The molecule has 8 nitrogen and oxygen atoms in total. The lowest BCUT2D eigenvalue weighted by atomic mass is 10.1. The van der Waals surface area contributed by atoms with Gasteiger partial charge in [0.15, 0.2) is 0 Å². The Morgan fingerprint density at radius 3 is 2.79 bits per heavy atom. The number of rotatable bonds is 8. The second-order valence-corrected chi connectivity index (χ2v) is 6.99. The van der Waals surface area contributed by atoms with Crippen LogP contribution in [0.25, 0.3) is 11.4 Å². The molecule has 0 fully saturated rings. The molecular formula is C19H18N6O2S. The van der Waals surface area contributed by atoms with E-state index in [9.17, 15) is 4.79 Å². The fourth-order valence-corrected chi connectivity index (χ4v) is 3.27. The maximum absolute atomic E-state index is 12.1. The Balaban J connectivity index is 1.22. The topological polar surface area (TPSA) is 98.7 Å². The van der Waals surface area contributed by atoms with E-state index in [0.717, 1.165) is 16.7 Å². The van der Waals surface area contributed by atoms with Gasteiger partial charge >= 0.3 is 0 Å². The normalized spacial score (nSPS) is 10.9.